The molecular weight excluding hydrogens is 386 g/mol. The Balaban J connectivity index is 1.37. The van der Waals surface area contributed by atoms with E-state index in [0.29, 0.717) is 0 Å². The monoisotopic (exact) mass is 417 g/mol. The van der Waals surface area contributed by atoms with Gasteiger partial charge in [-0.1, -0.05) is 6.07 Å². The summed E-state index contributed by atoms with van der Waals surface area (Å²) in [5, 5.41) is 0. The van der Waals surface area contributed by atoms with Crippen LogP contribution < -0.4 is 0 Å². The lowest BCUT2D eigenvalue weighted by molar-refractivity contribution is 0.0642. The average Bonchev–Trinajstić information content (AvgIpc) is 3.12. The van der Waals surface area contributed by atoms with Crippen molar-refractivity contribution < 1.29 is 4.79 Å². The summed E-state index contributed by atoms with van der Waals surface area (Å²) in [6, 6.07) is 12.3. The minimum Gasteiger partial charge on any atom is -0.339 e. The molecule has 1 saturated heterocycles. The number of likely N-dealkylation sites (tertiary alicyclic amines) is 1. The van der Waals surface area contributed by atoms with Gasteiger partial charge in [-0.15, -0.1) is 0 Å². The molecule has 0 radical (unpaired) electrons. The number of nitrogens with zero attached hydrogens (tertiary/aromatic N) is 5. The van der Waals surface area contributed by atoms with E-state index < -0.39 is 0 Å². The number of aryl methyl sites for hydroxylation is 1. The molecule has 1 amide bonds. The number of carbonyl (C=O) groups is 1. The summed E-state index contributed by atoms with van der Waals surface area (Å²) < 4.78 is 2.11. The predicted molar refractivity (Wildman–Crippen MR) is 123 cm³/mol. The Morgan fingerprint density at radius 1 is 1.13 bits per heavy atom. The summed E-state index contributed by atoms with van der Waals surface area (Å²) >= 11 is 0. The normalized spacial score (nSPS) is 15.2. The second kappa shape index (κ2) is 9.43. The van der Waals surface area contributed by atoms with E-state index in [1.54, 1.807) is 6.20 Å². The van der Waals surface area contributed by atoms with Crippen molar-refractivity contribution in [3.8, 4) is 5.69 Å². The van der Waals surface area contributed by atoms with Gasteiger partial charge in [0.15, 0.2) is 0 Å². The van der Waals surface area contributed by atoms with Crippen LogP contribution in [0.1, 0.15) is 40.3 Å². The Hall–Kier alpha value is -2.99. The molecule has 0 atom stereocenters. The van der Waals surface area contributed by atoms with Crippen LogP contribution in [0.5, 0.6) is 0 Å². The lowest BCUT2D eigenvalue weighted by Gasteiger charge is -2.36. The standard InChI is InChI=1S/C25H31N5O/c1-19-17-24(20(2)30(19)23-8-6-12-26-18-23)25(31)28(3)22-10-15-29(16-11-22)14-9-21-7-4-5-13-27-21/h4-8,12-13,17-18,22H,9-11,14-16H2,1-3H3. The fraction of sp³-hybridized carbons (Fsp3) is 0.400. The second-order valence-corrected chi connectivity index (χ2v) is 8.39. The number of pyridine rings is 2. The van der Waals surface area contributed by atoms with Gasteiger partial charge in [0.1, 0.15) is 0 Å². The molecule has 0 bridgehead atoms. The van der Waals surface area contributed by atoms with Crippen LogP contribution in [0.25, 0.3) is 5.69 Å². The van der Waals surface area contributed by atoms with Gasteiger partial charge < -0.3 is 14.4 Å². The van der Waals surface area contributed by atoms with Crippen LogP contribution >= 0.6 is 0 Å². The number of hydrogen-bond donors (Lipinski definition) is 0. The number of amides is 1. The molecule has 4 heterocycles. The van der Waals surface area contributed by atoms with E-state index in [2.05, 4.69) is 25.5 Å². The van der Waals surface area contributed by atoms with Gasteiger partial charge in [0.25, 0.3) is 5.91 Å². The highest BCUT2D eigenvalue weighted by Crippen LogP contribution is 2.24. The number of aromatic nitrogens is 3. The van der Waals surface area contributed by atoms with Crippen LogP contribution in [0.15, 0.2) is 55.0 Å². The van der Waals surface area contributed by atoms with Crippen LogP contribution in [0.3, 0.4) is 0 Å². The van der Waals surface area contributed by atoms with E-state index in [-0.39, 0.29) is 11.9 Å². The van der Waals surface area contributed by atoms with Crippen molar-refractivity contribution in [1.29, 1.82) is 0 Å². The largest absolute Gasteiger partial charge is 0.339 e. The number of hydrogen-bond acceptors (Lipinski definition) is 4. The molecule has 4 rings (SSSR count). The van der Waals surface area contributed by atoms with Gasteiger partial charge in [-0.25, -0.2) is 0 Å². The SMILES string of the molecule is Cc1cc(C(=O)N(C)C2CCN(CCc3ccccn3)CC2)c(C)n1-c1cccnc1. The van der Waals surface area contributed by atoms with Crippen LogP contribution in [-0.2, 0) is 6.42 Å². The molecular formula is C25H31N5O. The molecule has 3 aromatic rings. The Kier molecular flexibility index (Phi) is 6.47. The van der Waals surface area contributed by atoms with Gasteiger partial charge in [0.05, 0.1) is 17.4 Å². The van der Waals surface area contributed by atoms with Crippen molar-refractivity contribution in [3.05, 3.63) is 77.6 Å². The summed E-state index contributed by atoms with van der Waals surface area (Å²) in [6.07, 6.45) is 8.44. The van der Waals surface area contributed by atoms with Gasteiger partial charge in [0.2, 0.25) is 0 Å². The number of rotatable bonds is 6. The van der Waals surface area contributed by atoms with E-state index in [4.69, 9.17) is 0 Å². The molecule has 0 N–H and O–H groups in total. The summed E-state index contributed by atoms with van der Waals surface area (Å²) in [6.45, 7) is 7.11. The van der Waals surface area contributed by atoms with E-state index in [1.165, 1.54) is 0 Å². The van der Waals surface area contributed by atoms with E-state index in [1.807, 2.05) is 68.5 Å². The summed E-state index contributed by atoms with van der Waals surface area (Å²) in [7, 11) is 1.95. The molecule has 1 fully saturated rings. The third-order valence-electron chi connectivity index (χ3n) is 6.40. The first-order valence-electron chi connectivity index (χ1n) is 11.0. The van der Waals surface area contributed by atoms with Gasteiger partial charge in [-0.05, 0) is 57.0 Å². The molecule has 0 spiro atoms. The zero-order chi connectivity index (χ0) is 21.8. The first-order chi connectivity index (χ1) is 15.0. The molecule has 31 heavy (non-hydrogen) atoms. The van der Waals surface area contributed by atoms with Gasteiger partial charge in [-0.3, -0.25) is 14.8 Å². The Bertz CT molecular complexity index is 1010. The maximum absolute atomic E-state index is 13.3. The molecule has 162 valence electrons. The molecule has 0 aromatic carbocycles. The van der Waals surface area contributed by atoms with Gasteiger partial charge >= 0.3 is 0 Å². The van der Waals surface area contributed by atoms with Crippen LogP contribution in [0, 0.1) is 13.8 Å². The first kappa shape index (κ1) is 21.2. The molecule has 3 aromatic heterocycles. The highest BCUT2D eigenvalue weighted by Gasteiger charge is 2.28. The molecule has 1 aliphatic heterocycles. The molecule has 0 unspecified atom stereocenters. The third kappa shape index (κ3) is 4.69. The first-order valence-corrected chi connectivity index (χ1v) is 11.0. The lowest BCUT2D eigenvalue weighted by atomic mass is 10.0. The van der Waals surface area contributed by atoms with E-state index >= 15 is 0 Å². The Labute approximate surface area is 184 Å². The zero-order valence-corrected chi connectivity index (χ0v) is 18.7. The second-order valence-electron chi connectivity index (χ2n) is 8.39. The highest BCUT2D eigenvalue weighted by molar-refractivity contribution is 5.96. The van der Waals surface area contributed by atoms with Crippen molar-refractivity contribution in [2.24, 2.45) is 0 Å². The van der Waals surface area contributed by atoms with Crippen molar-refractivity contribution >= 4 is 5.91 Å². The predicted octanol–water partition coefficient (Wildman–Crippen LogP) is 3.66. The number of piperidine rings is 1. The molecule has 6 nitrogen and oxygen atoms in total. The van der Waals surface area contributed by atoms with Crippen molar-refractivity contribution in [3.63, 3.8) is 0 Å². The number of carbonyl (C=O) groups excluding carboxylic acids is 1. The summed E-state index contributed by atoms with van der Waals surface area (Å²) in [5.74, 6) is 0.107. The maximum atomic E-state index is 13.3. The minimum absolute atomic E-state index is 0.107. The van der Waals surface area contributed by atoms with Crippen molar-refractivity contribution in [1.82, 2.24) is 24.3 Å². The highest BCUT2D eigenvalue weighted by atomic mass is 16.2. The smallest absolute Gasteiger partial charge is 0.255 e. The average molecular weight is 418 g/mol. The molecule has 0 aliphatic carbocycles. The van der Waals surface area contributed by atoms with E-state index in [9.17, 15) is 4.79 Å². The molecule has 0 saturated carbocycles. The maximum Gasteiger partial charge on any atom is 0.255 e. The van der Waals surface area contributed by atoms with Gasteiger partial charge in [0, 0.05) is 68.6 Å². The molecule has 1 aliphatic rings. The van der Waals surface area contributed by atoms with Crippen molar-refractivity contribution in [2.75, 3.05) is 26.7 Å². The fourth-order valence-corrected chi connectivity index (χ4v) is 4.57. The zero-order valence-electron chi connectivity index (χ0n) is 18.7. The van der Waals surface area contributed by atoms with Crippen LogP contribution in [0.2, 0.25) is 0 Å². The summed E-state index contributed by atoms with van der Waals surface area (Å²) in [5.41, 5.74) is 4.92. The molecule has 6 heteroatoms. The minimum atomic E-state index is 0.107. The van der Waals surface area contributed by atoms with Crippen LogP contribution in [0.4, 0.5) is 0 Å². The Morgan fingerprint density at radius 3 is 2.61 bits per heavy atom. The summed E-state index contributed by atoms with van der Waals surface area (Å²) in [4.78, 5) is 26.4. The quantitative estimate of drug-likeness (QED) is 0.614. The fourth-order valence-electron chi connectivity index (χ4n) is 4.57. The van der Waals surface area contributed by atoms with Crippen LogP contribution in [-0.4, -0.2) is 63.0 Å². The van der Waals surface area contributed by atoms with E-state index in [0.717, 1.165) is 67.2 Å². The third-order valence-corrected chi connectivity index (χ3v) is 6.40. The van der Waals surface area contributed by atoms with Crippen molar-refractivity contribution in [2.45, 2.75) is 39.2 Å². The topological polar surface area (TPSA) is 54.3 Å². The lowest BCUT2D eigenvalue weighted by Crippen LogP contribution is -2.46. The van der Waals surface area contributed by atoms with Gasteiger partial charge in [-0.2, -0.15) is 0 Å². The Morgan fingerprint density at radius 2 is 1.94 bits per heavy atom.